The minimum absolute atomic E-state index is 0.0362. The van der Waals surface area contributed by atoms with Crippen LogP contribution in [-0.4, -0.2) is 51.2 Å². The van der Waals surface area contributed by atoms with Crippen molar-refractivity contribution in [3.63, 3.8) is 0 Å². The van der Waals surface area contributed by atoms with Gasteiger partial charge in [-0.15, -0.1) is 0 Å². The third-order valence-electron chi connectivity index (χ3n) is 4.54. The largest absolute Gasteiger partial charge is 0.383 e. The number of fused-ring (bicyclic) bond motifs is 1. The Labute approximate surface area is 143 Å². The Morgan fingerprint density at radius 1 is 1.21 bits per heavy atom. The second-order valence-corrected chi connectivity index (χ2v) is 6.11. The van der Waals surface area contributed by atoms with Crippen molar-refractivity contribution in [1.29, 1.82) is 0 Å². The van der Waals surface area contributed by atoms with Crippen LogP contribution in [0.1, 0.15) is 22.3 Å². The molecule has 0 saturated heterocycles. The average molecular weight is 324 g/mol. The van der Waals surface area contributed by atoms with Crippen molar-refractivity contribution in [2.24, 2.45) is 0 Å². The molecule has 0 fully saturated rings. The van der Waals surface area contributed by atoms with E-state index in [1.165, 1.54) is 11.1 Å². The van der Waals surface area contributed by atoms with E-state index in [1.54, 1.807) is 12.0 Å². The van der Waals surface area contributed by atoms with Gasteiger partial charge in [-0.25, -0.2) is 0 Å². The number of carbonyl (C=O) groups excluding carboxylic acids is 1. The number of nitrogens with one attached hydrogen (secondary N) is 1. The number of hydrogen-bond donors (Lipinski definition) is 1. The number of carbonyl (C=O) groups is 1. The molecule has 2 aromatic rings. The molecule has 1 N–H and O–H groups in total. The number of ether oxygens (including phenoxy) is 1. The molecule has 0 spiro atoms. The standard InChI is InChI=1S/C20H24N2O2/c1-22(13-14-24-2)20(23)19-8-4-6-17-16(5-3-7-18(17)19)15-9-11-21-12-10-15/h3-9,21H,10-14H2,1-2H3. The summed E-state index contributed by atoms with van der Waals surface area (Å²) in [6, 6.07) is 12.2. The van der Waals surface area contributed by atoms with Crippen LogP contribution in [0.3, 0.4) is 0 Å². The third kappa shape index (κ3) is 3.35. The number of rotatable bonds is 5. The number of benzene rings is 2. The third-order valence-corrected chi connectivity index (χ3v) is 4.54. The molecule has 0 unspecified atom stereocenters. The summed E-state index contributed by atoms with van der Waals surface area (Å²) < 4.78 is 5.08. The first-order valence-corrected chi connectivity index (χ1v) is 8.38. The first-order chi connectivity index (χ1) is 11.7. The van der Waals surface area contributed by atoms with Crippen LogP contribution < -0.4 is 5.32 Å². The maximum absolute atomic E-state index is 12.8. The van der Waals surface area contributed by atoms with E-state index in [0.29, 0.717) is 13.2 Å². The molecular formula is C20H24N2O2. The monoisotopic (exact) mass is 324 g/mol. The van der Waals surface area contributed by atoms with E-state index >= 15 is 0 Å². The molecule has 1 heterocycles. The molecule has 2 aromatic carbocycles. The first-order valence-electron chi connectivity index (χ1n) is 8.38. The van der Waals surface area contributed by atoms with Gasteiger partial charge in [-0.2, -0.15) is 0 Å². The molecule has 0 aromatic heterocycles. The highest BCUT2D eigenvalue weighted by atomic mass is 16.5. The fraction of sp³-hybridized carbons (Fsp3) is 0.350. The van der Waals surface area contributed by atoms with Crippen LogP contribution in [0.2, 0.25) is 0 Å². The molecule has 0 saturated carbocycles. The van der Waals surface area contributed by atoms with E-state index in [0.717, 1.165) is 35.8 Å². The van der Waals surface area contributed by atoms with Gasteiger partial charge in [-0.3, -0.25) is 4.79 Å². The smallest absolute Gasteiger partial charge is 0.254 e. The molecule has 0 radical (unpaired) electrons. The molecule has 1 amide bonds. The van der Waals surface area contributed by atoms with Crippen molar-refractivity contribution in [1.82, 2.24) is 10.2 Å². The summed E-state index contributed by atoms with van der Waals surface area (Å²) >= 11 is 0. The predicted molar refractivity (Wildman–Crippen MR) is 98.2 cm³/mol. The van der Waals surface area contributed by atoms with Crippen molar-refractivity contribution < 1.29 is 9.53 Å². The average Bonchev–Trinajstić information content (AvgIpc) is 2.65. The number of nitrogens with zero attached hydrogens (tertiary/aromatic N) is 1. The van der Waals surface area contributed by atoms with E-state index in [-0.39, 0.29) is 5.91 Å². The van der Waals surface area contributed by atoms with Gasteiger partial charge in [0.25, 0.3) is 5.91 Å². The van der Waals surface area contributed by atoms with E-state index in [9.17, 15) is 4.79 Å². The minimum atomic E-state index is 0.0362. The van der Waals surface area contributed by atoms with E-state index in [2.05, 4.69) is 23.5 Å². The fourth-order valence-corrected chi connectivity index (χ4v) is 3.18. The second-order valence-electron chi connectivity index (χ2n) is 6.11. The molecule has 0 bridgehead atoms. The number of methoxy groups -OCH3 is 1. The molecule has 3 rings (SSSR count). The molecule has 1 aliphatic rings. The Morgan fingerprint density at radius 3 is 2.75 bits per heavy atom. The van der Waals surface area contributed by atoms with E-state index in [1.807, 2.05) is 31.3 Å². The van der Waals surface area contributed by atoms with Crippen LogP contribution in [0.4, 0.5) is 0 Å². The van der Waals surface area contributed by atoms with Crippen molar-refractivity contribution in [2.75, 3.05) is 40.4 Å². The topological polar surface area (TPSA) is 41.6 Å². The zero-order valence-electron chi connectivity index (χ0n) is 14.3. The molecule has 0 atom stereocenters. The van der Waals surface area contributed by atoms with Gasteiger partial charge >= 0.3 is 0 Å². The second kappa shape index (κ2) is 7.60. The maximum Gasteiger partial charge on any atom is 0.254 e. The lowest BCUT2D eigenvalue weighted by molar-refractivity contribution is 0.0746. The normalized spacial score (nSPS) is 14.5. The number of amides is 1. The molecular weight excluding hydrogens is 300 g/mol. The van der Waals surface area contributed by atoms with E-state index in [4.69, 9.17) is 4.74 Å². The summed E-state index contributed by atoms with van der Waals surface area (Å²) in [6.07, 6.45) is 3.27. The van der Waals surface area contributed by atoms with Crippen LogP contribution >= 0.6 is 0 Å². The molecule has 0 aliphatic carbocycles. The van der Waals surface area contributed by atoms with Crippen molar-refractivity contribution in [2.45, 2.75) is 6.42 Å². The highest BCUT2D eigenvalue weighted by Gasteiger charge is 2.16. The van der Waals surface area contributed by atoms with Gasteiger partial charge in [0.15, 0.2) is 0 Å². The Hall–Kier alpha value is -2.17. The van der Waals surface area contributed by atoms with Crippen molar-refractivity contribution >= 4 is 22.3 Å². The summed E-state index contributed by atoms with van der Waals surface area (Å²) in [6.45, 7) is 3.03. The lowest BCUT2D eigenvalue weighted by atomic mass is 9.92. The Kier molecular flexibility index (Phi) is 5.28. The SMILES string of the molecule is COCCN(C)C(=O)c1cccc2c(C3=CCNCC3)cccc12. The lowest BCUT2D eigenvalue weighted by Gasteiger charge is -2.19. The molecule has 24 heavy (non-hydrogen) atoms. The van der Waals surface area contributed by atoms with Crippen LogP contribution in [0, 0.1) is 0 Å². The number of likely N-dealkylation sites (N-methyl/N-ethyl adjacent to an activating group) is 1. The molecule has 4 heteroatoms. The van der Waals surface area contributed by atoms with Crippen LogP contribution in [0.15, 0.2) is 42.5 Å². The van der Waals surface area contributed by atoms with Gasteiger partial charge in [-0.1, -0.05) is 36.4 Å². The summed E-state index contributed by atoms with van der Waals surface area (Å²) in [7, 11) is 3.47. The quantitative estimate of drug-likeness (QED) is 0.919. The van der Waals surface area contributed by atoms with Crippen molar-refractivity contribution in [3.8, 4) is 0 Å². The van der Waals surface area contributed by atoms with Gasteiger partial charge in [0.1, 0.15) is 0 Å². The highest BCUT2D eigenvalue weighted by Crippen LogP contribution is 2.30. The van der Waals surface area contributed by atoms with Gasteiger partial charge in [0, 0.05) is 32.8 Å². The van der Waals surface area contributed by atoms with Gasteiger partial charge < -0.3 is 15.0 Å². The number of hydrogen-bond acceptors (Lipinski definition) is 3. The van der Waals surface area contributed by atoms with Gasteiger partial charge in [-0.05, 0) is 40.9 Å². The minimum Gasteiger partial charge on any atom is -0.383 e. The van der Waals surface area contributed by atoms with Crippen LogP contribution in [0.25, 0.3) is 16.3 Å². The molecule has 1 aliphatic heterocycles. The fourth-order valence-electron chi connectivity index (χ4n) is 3.18. The summed E-state index contributed by atoms with van der Waals surface area (Å²) in [4.78, 5) is 14.5. The predicted octanol–water partition coefficient (Wildman–Crippen LogP) is 2.93. The zero-order valence-corrected chi connectivity index (χ0v) is 14.3. The summed E-state index contributed by atoms with van der Waals surface area (Å²) in [5.74, 6) is 0.0362. The van der Waals surface area contributed by atoms with Gasteiger partial charge in [0.05, 0.1) is 6.61 Å². The summed E-state index contributed by atoms with van der Waals surface area (Å²) in [5, 5.41) is 5.51. The van der Waals surface area contributed by atoms with Crippen LogP contribution in [-0.2, 0) is 4.74 Å². The first kappa shape index (κ1) is 16.7. The lowest BCUT2D eigenvalue weighted by Crippen LogP contribution is -2.30. The Bertz CT molecular complexity index is 767. The Morgan fingerprint density at radius 2 is 2.00 bits per heavy atom. The zero-order chi connectivity index (χ0) is 16.9. The van der Waals surface area contributed by atoms with Gasteiger partial charge in [0.2, 0.25) is 0 Å². The summed E-state index contributed by atoms with van der Waals surface area (Å²) in [5.41, 5.74) is 3.35. The molecule has 4 nitrogen and oxygen atoms in total. The maximum atomic E-state index is 12.8. The van der Waals surface area contributed by atoms with E-state index < -0.39 is 0 Å². The highest BCUT2D eigenvalue weighted by molar-refractivity contribution is 6.09. The molecule has 126 valence electrons. The van der Waals surface area contributed by atoms with Crippen molar-refractivity contribution in [3.05, 3.63) is 53.6 Å². The Balaban J connectivity index is 2.02. The van der Waals surface area contributed by atoms with Crippen LogP contribution in [0.5, 0.6) is 0 Å².